The van der Waals surface area contributed by atoms with Crippen LogP contribution in [0.3, 0.4) is 0 Å². The summed E-state index contributed by atoms with van der Waals surface area (Å²) in [4.78, 5) is 40.2. The van der Waals surface area contributed by atoms with Gasteiger partial charge in [0.2, 0.25) is 5.76 Å². The summed E-state index contributed by atoms with van der Waals surface area (Å²) in [7, 11) is 0. The van der Waals surface area contributed by atoms with E-state index in [0.717, 1.165) is 11.1 Å². The molecule has 0 aliphatic carbocycles. The summed E-state index contributed by atoms with van der Waals surface area (Å²) in [5.41, 5.74) is 3.56. The maximum atomic E-state index is 13.5. The van der Waals surface area contributed by atoms with Crippen molar-refractivity contribution in [2.75, 3.05) is 4.90 Å². The standard InChI is InChI=1S/C26H19NO4/c1-15-7-9-18(10-8-15)23-22-24(29)20-5-3-4-6-21(20)31-25(22)26(30)27(23)19-13-11-17(12-14-19)16(2)28/h3-14,23H,1-2H3. The number of fused-ring (bicyclic) bond motifs is 2. The van der Waals surface area contributed by atoms with Gasteiger partial charge in [0.05, 0.1) is 17.0 Å². The summed E-state index contributed by atoms with van der Waals surface area (Å²) in [6, 6.07) is 20.9. The Balaban J connectivity index is 1.77. The summed E-state index contributed by atoms with van der Waals surface area (Å²) < 4.78 is 5.94. The predicted octanol–water partition coefficient (Wildman–Crippen LogP) is 5.05. The monoisotopic (exact) mass is 409 g/mol. The molecule has 0 fully saturated rings. The minimum absolute atomic E-state index is 0.0548. The minimum Gasteiger partial charge on any atom is -0.450 e. The number of carbonyl (C=O) groups is 2. The molecule has 5 nitrogen and oxygen atoms in total. The number of para-hydroxylation sites is 1. The Morgan fingerprint density at radius 1 is 0.903 bits per heavy atom. The van der Waals surface area contributed by atoms with Gasteiger partial charge in [0.15, 0.2) is 11.2 Å². The molecule has 2 heterocycles. The molecular weight excluding hydrogens is 390 g/mol. The molecule has 1 unspecified atom stereocenters. The van der Waals surface area contributed by atoms with Gasteiger partial charge in [-0.05, 0) is 55.8 Å². The van der Waals surface area contributed by atoms with Crippen molar-refractivity contribution in [1.29, 1.82) is 0 Å². The van der Waals surface area contributed by atoms with Gasteiger partial charge in [-0.15, -0.1) is 0 Å². The lowest BCUT2D eigenvalue weighted by atomic mass is 9.97. The van der Waals surface area contributed by atoms with Crippen LogP contribution in [-0.2, 0) is 0 Å². The van der Waals surface area contributed by atoms with Crippen LogP contribution in [-0.4, -0.2) is 11.7 Å². The lowest BCUT2D eigenvalue weighted by Gasteiger charge is -2.25. The highest BCUT2D eigenvalue weighted by atomic mass is 16.3. The Kier molecular flexibility index (Phi) is 4.33. The molecule has 0 N–H and O–H groups in total. The molecule has 3 aromatic carbocycles. The highest BCUT2D eigenvalue weighted by Gasteiger charge is 2.43. The number of Topliss-reactive ketones (excluding diaryl/α,β-unsaturated/α-hetero) is 1. The van der Waals surface area contributed by atoms with Crippen LogP contribution in [0.15, 0.2) is 82.0 Å². The third kappa shape index (κ3) is 2.97. The zero-order chi connectivity index (χ0) is 21.7. The van der Waals surface area contributed by atoms with Crippen LogP contribution in [0.25, 0.3) is 11.0 Å². The molecule has 1 atom stereocenters. The topological polar surface area (TPSA) is 67.6 Å². The molecule has 1 aromatic heterocycles. The Bertz CT molecular complexity index is 1400. The van der Waals surface area contributed by atoms with Crippen molar-refractivity contribution in [3.63, 3.8) is 0 Å². The van der Waals surface area contributed by atoms with Crippen molar-refractivity contribution in [1.82, 2.24) is 0 Å². The number of carbonyl (C=O) groups excluding carboxylic acids is 2. The number of rotatable bonds is 3. The van der Waals surface area contributed by atoms with Crippen LogP contribution >= 0.6 is 0 Å². The number of anilines is 1. The largest absolute Gasteiger partial charge is 0.450 e. The first-order valence-corrected chi connectivity index (χ1v) is 10.0. The summed E-state index contributed by atoms with van der Waals surface area (Å²) in [5.74, 6) is -0.371. The molecule has 1 aliphatic heterocycles. The van der Waals surface area contributed by atoms with Gasteiger partial charge in [0.1, 0.15) is 5.58 Å². The second-order valence-corrected chi connectivity index (χ2v) is 7.76. The van der Waals surface area contributed by atoms with E-state index in [1.807, 2.05) is 31.2 Å². The van der Waals surface area contributed by atoms with E-state index in [1.54, 1.807) is 53.4 Å². The van der Waals surface area contributed by atoms with E-state index in [4.69, 9.17) is 4.42 Å². The zero-order valence-electron chi connectivity index (χ0n) is 17.1. The summed E-state index contributed by atoms with van der Waals surface area (Å²) in [6.45, 7) is 3.48. The van der Waals surface area contributed by atoms with Gasteiger partial charge in [0.25, 0.3) is 5.91 Å². The normalized spacial score (nSPS) is 15.4. The molecule has 5 heteroatoms. The molecule has 1 aliphatic rings. The number of hydrogen-bond acceptors (Lipinski definition) is 4. The number of amides is 1. The number of hydrogen-bond donors (Lipinski definition) is 0. The Labute approximate surface area is 178 Å². The van der Waals surface area contributed by atoms with E-state index in [2.05, 4.69) is 0 Å². The summed E-state index contributed by atoms with van der Waals surface area (Å²) in [6.07, 6.45) is 0. The fraction of sp³-hybridized carbons (Fsp3) is 0.115. The fourth-order valence-electron chi connectivity index (χ4n) is 4.11. The van der Waals surface area contributed by atoms with Crippen LogP contribution in [0.1, 0.15) is 50.6 Å². The second-order valence-electron chi connectivity index (χ2n) is 7.76. The van der Waals surface area contributed by atoms with Crippen molar-refractivity contribution in [3.05, 3.63) is 111 Å². The van der Waals surface area contributed by atoms with Crippen LogP contribution in [0.2, 0.25) is 0 Å². The SMILES string of the molecule is CC(=O)c1ccc(N2C(=O)c3oc4ccccc4c(=O)c3C2c2ccc(C)cc2)cc1. The van der Waals surface area contributed by atoms with Crippen molar-refractivity contribution >= 4 is 28.3 Å². The lowest BCUT2D eigenvalue weighted by molar-refractivity contribution is 0.0970. The van der Waals surface area contributed by atoms with Crippen molar-refractivity contribution in [3.8, 4) is 0 Å². The zero-order valence-corrected chi connectivity index (χ0v) is 17.1. The van der Waals surface area contributed by atoms with Crippen LogP contribution in [0.4, 0.5) is 5.69 Å². The molecule has 0 radical (unpaired) electrons. The molecule has 0 bridgehead atoms. The van der Waals surface area contributed by atoms with E-state index >= 15 is 0 Å². The van der Waals surface area contributed by atoms with Gasteiger partial charge in [-0.1, -0.05) is 42.0 Å². The molecular formula is C26H19NO4. The van der Waals surface area contributed by atoms with Crippen LogP contribution in [0, 0.1) is 6.92 Å². The Morgan fingerprint density at radius 3 is 2.26 bits per heavy atom. The summed E-state index contributed by atoms with van der Waals surface area (Å²) >= 11 is 0. The third-order valence-corrected chi connectivity index (χ3v) is 5.72. The Morgan fingerprint density at radius 2 is 1.58 bits per heavy atom. The smallest absolute Gasteiger partial charge is 0.295 e. The molecule has 1 amide bonds. The first kappa shape index (κ1) is 19.0. The van der Waals surface area contributed by atoms with Gasteiger partial charge in [0, 0.05) is 11.3 Å². The van der Waals surface area contributed by atoms with Crippen molar-refractivity contribution in [2.24, 2.45) is 0 Å². The van der Waals surface area contributed by atoms with Gasteiger partial charge >= 0.3 is 0 Å². The van der Waals surface area contributed by atoms with Gasteiger partial charge in [-0.2, -0.15) is 0 Å². The molecule has 4 aromatic rings. The fourth-order valence-corrected chi connectivity index (χ4v) is 4.11. The van der Waals surface area contributed by atoms with Crippen molar-refractivity contribution in [2.45, 2.75) is 19.9 Å². The van der Waals surface area contributed by atoms with Crippen LogP contribution in [0.5, 0.6) is 0 Å². The van der Waals surface area contributed by atoms with E-state index < -0.39 is 6.04 Å². The number of benzene rings is 3. The van der Waals surface area contributed by atoms with Crippen molar-refractivity contribution < 1.29 is 14.0 Å². The van der Waals surface area contributed by atoms with E-state index in [1.165, 1.54) is 6.92 Å². The number of nitrogens with zero attached hydrogens (tertiary/aromatic N) is 1. The molecule has 5 rings (SSSR count). The average Bonchev–Trinajstić information content (AvgIpc) is 3.07. The first-order chi connectivity index (χ1) is 15.0. The Hall–Kier alpha value is -3.99. The van der Waals surface area contributed by atoms with E-state index in [9.17, 15) is 14.4 Å². The highest BCUT2D eigenvalue weighted by molar-refractivity contribution is 6.10. The minimum atomic E-state index is -0.618. The number of ketones is 1. The molecule has 0 saturated carbocycles. The molecule has 0 saturated heterocycles. The second kappa shape index (κ2) is 7.06. The van der Waals surface area contributed by atoms with E-state index in [-0.39, 0.29) is 22.9 Å². The summed E-state index contributed by atoms with van der Waals surface area (Å²) in [5, 5.41) is 0.444. The predicted molar refractivity (Wildman–Crippen MR) is 119 cm³/mol. The molecule has 152 valence electrons. The average molecular weight is 409 g/mol. The van der Waals surface area contributed by atoms with Gasteiger partial charge < -0.3 is 4.42 Å². The quantitative estimate of drug-likeness (QED) is 0.444. The highest BCUT2D eigenvalue weighted by Crippen LogP contribution is 2.41. The first-order valence-electron chi connectivity index (χ1n) is 10.0. The van der Waals surface area contributed by atoms with Crippen LogP contribution < -0.4 is 10.3 Å². The molecule has 0 spiro atoms. The van der Waals surface area contributed by atoms with Gasteiger partial charge in [-0.3, -0.25) is 19.3 Å². The molecule has 31 heavy (non-hydrogen) atoms. The maximum Gasteiger partial charge on any atom is 0.295 e. The lowest BCUT2D eigenvalue weighted by Crippen LogP contribution is -2.29. The number of aryl methyl sites for hydroxylation is 1. The van der Waals surface area contributed by atoms with Gasteiger partial charge in [-0.25, -0.2) is 0 Å². The van der Waals surface area contributed by atoms with E-state index in [0.29, 0.717) is 27.8 Å². The maximum absolute atomic E-state index is 13.5. The third-order valence-electron chi connectivity index (χ3n) is 5.72.